The first-order chi connectivity index (χ1) is 8.22. The van der Waals surface area contributed by atoms with Gasteiger partial charge < -0.3 is 10.2 Å². The Balaban J connectivity index is 2.08. The molecule has 1 N–H and O–H groups in total. The van der Waals surface area contributed by atoms with Gasteiger partial charge in [0.05, 0.1) is 0 Å². The summed E-state index contributed by atoms with van der Waals surface area (Å²) in [5.41, 5.74) is 0. The molecule has 2 aliphatic rings. The highest BCUT2D eigenvalue weighted by Crippen LogP contribution is 2.24. The number of carbonyl (C=O) groups is 2. The van der Waals surface area contributed by atoms with Crippen LogP contribution in [0.15, 0.2) is 0 Å². The molecule has 1 saturated heterocycles. The van der Waals surface area contributed by atoms with Crippen molar-refractivity contribution < 1.29 is 9.59 Å². The van der Waals surface area contributed by atoms with E-state index in [-0.39, 0.29) is 17.9 Å². The number of nitrogens with one attached hydrogen (secondary N) is 1. The van der Waals surface area contributed by atoms with E-state index in [4.69, 9.17) is 0 Å². The predicted molar refractivity (Wildman–Crippen MR) is 65.4 cm³/mol. The Labute approximate surface area is 103 Å². The number of amides is 2. The Morgan fingerprint density at radius 2 is 1.94 bits per heavy atom. The van der Waals surface area contributed by atoms with Gasteiger partial charge in [0.15, 0.2) is 0 Å². The molecule has 1 aliphatic heterocycles. The van der Waals surface area contributed by atoms with Crippen LogP contribution in [0.3, 0.4) is 0 Å². The molecule has 4 heteroatoms. The van der Waals surface area contributed by atoms with Crippen LogP contribution in [0.4, 0.5) is 0 Å². The lowest BCUT2D eigenvalue weighted by atomic mass is 9.93. The summed E-state index contributed by atoms with van der Waals surface area (Å²) in [5, 5.41) is 2.82. The lowest BCUT2D eigenvalue weighted by Crippen LogP contribution is -2.48. The molecular formula is C13H22N2O2. The lowest BCUT2D eigenvalue weighted by molar-refractivity contribution is -0.136. The summed E-state index contributed by atoms with van der Waals surface area (Å²) in [5.74, 6) is 0.147. The summed E-state index contributed by atoms with van der Waals surface area (Å²) >= 11 is 0. The van der Waals surface area contributed by atoms with Crippen molar-refractivity contribution in [3.05, 3.63) is 0 Å². The Kier molecular flexibility index (Phi) is 4.02. The average Bonchev–Trinajstić information content (AvgIpc) is 2.50. The van der Waals surface area contributed by atoms with E-state index in [0.717, 1.165) is 12.8 Å². The van der Waals surface area contributed by atoms with E-state index in [0.29, 0.717) is 25.4 Å². The van der Waals surface area contributed by atoms with E-state index in [1.807, 2.05) is 11.8 Å². The monoisotopic (exact) mass is 238 g/mol. The van der Waals surface area contributed by atoms with Gasteiger partial charge in [0.2, 0.25) is 11.8 Å². The molecular weight excluding hydrogens is 216 g/mol. The van der Waals surface area contributed by atoms with Crippen LogP contribution < -0.4 is 5.32 Å². The maximum absolute atomic E-state index is 12.3. The molecule has 2 fully saturated rings. The van der Waals surface area contributed by atoms with Gasteiger partial charge in [-0.15, -0.1) is 0 Å². The molecule has 1 unspecified atom stereocenters. The number of hydrogen-bond acceptors (Lipinski definition) is 2. The third kappa shape index (κ3) is 2.79. The van der Waals surface area contributed by atoms with Crippen LogP contribution in [0.2, 0.25) is 0 Å². The van der Waals surface area contributed by atoms with Crippen molar-refractivity contribution >= 4 is 11.8 Å². The average molecular weight is 238 g/mol. The highest BCUT2D eigenvalue weighted by Gasteiger charge is 2.33. The SMILES string of the molecule is CCC1NC(=O)CCN(C2CCCCC2)C1=O. The third-order valence-electron chi connectivity index (χ3n) is 3.92. The van der Waals surface area contributed by atoms with Crippen LogP contribution in [0.5, 0.6) is 0 Å². The molecule has 96 valence electrons. The van der Waals surface area contributed by atoms with Crippen LogP contribution in [0.25, 0.3) is 0 Å². The van der Waals surface area contributed by atoms with Gasteiger partial charge in [-0.1, -0.05) is 26.2 Å². The molecule has 1 atom stereocenters. The molecule has 17 heavy (non-hydrogen) atoms. The van der Waals surface area contributed by atoms with E-state index < -0.39 is 0 Å². The first-order valence-electron chi connectivity index (χ1n) is 6.82. The summed E-state index contributed by atoms with van der Waals surface area (Å²) in [7, 11) is 0. The molecule has 4 nitrogen and oxygen atoms in total. The van der Waals surface area contributed by atoms with Gasteiger partial charge in [-0.3, -0.25) is 9.59 Å². The maximum Gasteiger partial charge on any atom is 0.245 e. The summed E-state index contributed by atoms with van der Waals surface area (Å²) in [6.45, 7) is 2.55. The third-order valence-corrected chi connectivity index (χ3v) is 3.92. The van der Waals surface area contributed by atoms with Crippen LogP contribution in [0.1, 0.15) is 51.9 Å². The topological polar surface area (TPSA) is 49.4 Å². The van der Waals surface area contributed by atoms with Crippen molar-refractivity contribution in [3.63, 3.8) is 0 Å². The fourth-order valence-electron chi connectivity index (χ4n) is 2.89. The van der Waals surface area contributed by atoms with Crippen molar-refractivity contribution in [1.29, 1.82) is 0 Å². The minimum Gasteiger partial charge on any atom is -0.344 e. The van der Waals surface area contributed by atoms with Crippen molar-refractivity contribution in [2.24, 2.45) is 0 Å². The van der Waals surface area contributed by atoms with E-state index >= 15 is 0 Å². The molecule has 0 aromatic rings. The van der Waals surface area contributed by atoms with Gasteiger partial charge in [0.1, 0.15) is 6.04 Å². The Hall–Kier alpha value is -1.06. The highest BCUT2D eigenvalue weighted by molar-refractivity contribution is 5.90. The summed E-state index contributed by atoms with van der Waals surface area (Å²) in [6, 6.07) is 0.0740. The second-order valence-corrected chi connectivity index (χ2v) is 5.10. The molecule has 1 aliphatic carbocycles. The first-order valence-corrected chi connectivity index (χ1v) is 6.82. The van der Waals surface area contributed by atoms with Gasteiger partial charge in [0, 0.05) is 19.0 Å². The maximum atomic E-state index is 12.3. The van der Waals surface area contributed by atoms with Crippen LogP contribution in [0, 0.1) is 0 Å². The van der Waals surface area contributed by atoms with Crippen molar-refractivity contribution in [3.8, 4) is 0 Å². The fourth-order valence-corrected chi connectivity index (χ4v) is 2.89. The Bertz CT molecular complexity index is 298. The smallest absolute Gasteiger partial charge is 0.245 e. The van der Waals surface area contributed by atoms with Gasteiger partial charge in [-0.2, -0.15) is 0 Å². The number of hydrogen-bond donors (Lipinski definition) is 1. The van der Waals surface area contributed by atoms with Crippen LogP contribution in [-0.2, 0) is 9.59 Å². The minimum atomic E-state index is -0.299. The normalized spacial score (nSPS) is 27.8. The number of rotatable bonds is 2. The zero-order valence-electron chi connectivity index (χ0n) is 10.6. The zero-order chi connectivity index (χ0) is 12.3. The van der Waals surface area contributed by atoms with E-state index in [1.165, 1.54) is 19.3 Å². The standard InChI is InChI=1S/C13H22N2O2/c1-2-11-13(17)15(9-8-12(16)14-11)10-6-4-3-5-7-10/h10-11H,2-9H2,1H3,(H,14,16). The van der Waals surface area contributed by atoms with Crippen molar-refractivity contribution in [1.82, 2.24) is 10.2 Å². The largest absolute Gasteiger partial charge is 0.344 e. The molecule has 2 rings (SSSR count). The van der Waals surface area contributed by atoms with Gasteiger partial charge in [-0.05, 0) is 19.3 Å². The van der Waals surface area contributed by atoms with Gasteiger partial charge >= 0.3 is 0 Å². The lowest BCUT2D eigenvalue weighted by Gasteiger charge is -2.34. The van der Waals surface area contributed by atoms with Gasteiger partial charge in [0.25, 0.3) is 0 Å². The van der Waals surface area contributed by atoms with Gasteiger partial charge in [-0.25, -0.2) is 0 Å². The van der Waals surface area contributed by atoms with E-state index in [9.17, 15) is 9.59 Å². The van der Waals surface area contributed by atoms with Crippen LogP contribution >= 0.6 is 0 Å². The Morgan fingerprint density at radius 3 is 2.59 bits per heavy atom. The summed E-state index contributed by atoms with van der Waals surface area (Å²) < 4.78 is 0. The fraction of sp³-hybridized carbons (Fsp3) is 0.846. The van der Waals surface area contributed by atoms with Crippen molar-refractivity contribution in [2.75, 3.05) is 6.54 Å². The van der Waals surface area contributed by atoms with Crippen molar-refractivity contribution in [2.45, 2.75) is 64.0 Å². The minimum absolute atomic E-state index is 0.0171. The summed E-state index contributed by atoms with van der Waals surface area (Å²) in [6.07, 6.45) is 7.07. The second kappa shape index (κ2) is 5.52. The number of nitrogens with zero attached hydrogens (tertiary/aromatic N) is 1. The first kappa shape index (κ1) is 12.4. The summed E-state index contributed by atoms with van der Waals surface area (Å²) in [4.78, 5) is 25.8. The van der Waals surface area contributed by atoms with E-state index in [1.54, 1.807) is 0 Å². The van der Waals surface area contributed by atoms with Crippen LogP contribution in [-0.4, -0.2) is 35.3 Å². The quantitative estimate of drug-likeness (QED) is 0.791. The van der Waals surface area contributed by atoms with E-state index in [2.05, 4.69) is 5.32 Å². The molecule has 0 spiro atoms. The molecule has 1 saturated carbocycles. The number of carbonyl (C=O) groups excluding carboxylic acids is 2. The molecule has 2 amide bonds. The Morgan fingerprint density at radius 1 is 1.24 bits per heavy atom. The zero-order valence-corrected chi connectivity index (χ0v) is 10.6. The molecule has 0 bridgehead atoms. The molecule has 0 aromatic heterocycles. The molecule has 0 radical (unpaired) electrons. The molecule has 0 aromatic carbocycles. The predicted octanol–water partition coefficient (Wildman–Crippen LogP) is 1.45. The second-order valence-electron chi connectivity index (χ2n) is 5.10. The highest BCUT2D eigenvalue weighted by atomic mass is 16.2. The molecule has 1 heterocycles.